The number of carbonyl (C=O) groups excluding carboxylic acids is 1. The van der Waals surface area contributed by atoms with Gasteiger partial charge in [0.1, 0.15) is 11.5 Å². The van der Waals surface area contributed by atoms with Gasteiger partial charge in [0.15, 0.2) is 5.13 Å². The van der Waals surface area contributed by atoms with E-state index in [-0.39, 0.29) is 12.3 Å². The number of fused-ring (bicyclic) bond motifs is 1. The first kappa shape index (κ1) is 15.4. The first-order valence-corrected chi connectivity index (χ1v) is 8.34. The predicted molar refractivity (Wildman–Crippen MR) is 93.7 cm³/mol. The van der Waals surface area contributed by atoms with Crippen LogP contribution in [0.4, 0.5) is 9.52 Å². The average molecular weight is 353 g/mol. The standard InChI is InChI=1S/C17H12FN5OS/c18-11-5-12-13(8-21-16(12)20-7-11)14-9-25-17(22-14)23-15(24)4-10-2-1-3-19-6-10/h1-3,5-9H,4H2,(H,20,21)(H,22,23,24). The van der Waals surface area contributed by atoms with Crippen molar-refractivity contribution in [2.45, 2.75) is 6.42 Å². The molecule has 0 unspecified atom stereocenters. The summed E-state index contributed by atoms with van der Waals surface area (Å²) in [5.74, 6) is -0.575. The Hall–Kier alpha value is -3.13. The lowest BCUT2D eigenvalue weighted by atomic mass is 10.2. The minimum Gasteiger partial charge on any atom is -0.345 e. The van der Waals surface area contributed by atoms with E-state index in [4.69, 9.17) is 0 Å². The zero-order valence-corrected chi connectivity index (χ0v) is 13.7. The second kappa shape index (κ2) is 6.40. The minimum absolute atomic E-state index is 0.166. The number of aromatic nitrogens is 4. The van der Waals surface area contributed by atoms with Crippen molar-refractivity contribution in [3.63, 3.8) is 0 Å². The smallest absolute Gasteiger partial charge is 0.230 e. The predicted octanol–water partition coefficient (Wildman–Crippen LogP) is 3.40. The Labute approximate surface area is 145 Å². The highest BCUT2D eigenvalue weighted by Gasteiger charge is 2.13. The van der Waals surface area contributed by atoms with Gasteiger partial charge >= 0.3 is 0 Å². The first-order chi connectivity index (χ1) is 12.2. The number of rotatable bonds is 4. The molecule has 8 heteroatoms. The van der Waals surface area contributed by atoms with Gasteiger partial charge < -0.3 is 10.3 Å². The Morgan fingerprint density at radius 2 is 2.28 bits per heavy atom. The van der Waals surface area contributed by atoms with Crippen LogP contribution in [0.25, 0.3) is 22.3 Å². The molecule has 4 heterocycles. The van der Waals surface area contributed by atoms with Gasteiger partial charge in [-0.1, -0.05) is 6.07 Å². The van der Waals surface area contributed by atoms with Gasteiger partial charge in [0.25, 0.3) is 0 Å². The first-order valence-electron chi connectivity index (χ1n) is 7.46. The Balaban J connectivity index is 1.53. The van der Waals surface area contributed by atoms with Crippen molar-refractivity contribution in [2.24, 2.45) is 0 Å². The highest BCUT2D eigenvalue weighted by Crippen LogP contribution is 2.30. The molecular formula is C17H12FN5OS. The number of nitrogens with one attached hydrogen (secondary N) is 2. The third-order valence-electron chi connectivity index (χ3n) is 3.61. The lowest BCUT2D eigenvalue weighted by Crippen LogP contribution is -2.14. The molecule has 6 nitrogen and oxygen atoms in total. The van der Waals surface area contributed by atoms with Gasteiger partial charge in [0.2, 0.25) is 5.91 Å². The normalized spacial score (nSPS) is 10.9. The van der Waals surface area contributed by atoms with Crippen LogP contribution in [0.15, 0.2) is 48.4 Å². The number of anilines is 1. The van der Waals surface area contributed by atoms with E-state index in [0.717, 1.165) is 17.3 Å². The molecule has 0 fully saturated rings. The molecule has 1 amide bonds. The van der Waals surface area contributed by atoms with Gasteiger partial charge in [0.05, 0.1) is 18.3 Å². The van der Waals surface area contributed by atoms with Gasteiger partial charge in [-0.2, -0.15) is 0 Å². The number of pyridine rings is 2. The van der Waals surface area contributed by atoms with E-state index in [1.54, 1.807) is 24.7 Å². The fourth-order valence-corrected chi connectivity index (χ4v) is 3.22. The fraction of sp³-hybridized carbons (Fsp3) is 0.0588. The molecule has 25 heavy (non-hydrogen) atoms. The monoisotopic (exact) mass is 353 g/mol. The summed E-state index contributed by atoms with van der Waals surface area (Å²) in [6.45, 7) is 0. The van der Waals surface area contributed by atoms with Gasteiger partial charge in [0, 0.05) is 34.9 Å². The Morgan fingerprint density at radius 3 is 3.12 bits per heavy atom. The van der Waals surface area contributed by atoms with E-state index in [1.807, 2.05) is 11.4 Å². The number of nitrogens with zero attached hydrogens (tertiary/aromatic N) is 3. The molecule has 0 aliphatic rings. The van der Waals surface area contributed by atoms with Gasteiger partial charge in [-0.15, -0.1) is 11.3 Å². The quantitative estimate of drug-likeness (QED) is 0.589. The van der Waals surface area contributed by atoms with Gasteiger partial charge in [-0.3, -0.25) is 9.78 Å². The van der Waals surface area contributed by atoms with E-state index in [1.165, 1.54) is 17.4 Å². The van der Waals surface area contributed by atoms with Crippen LogP contribution in [0.5, 0.6) is 0 Å². The molecule has 0 radical (unpaired) electrons. The maximum absolute atomic E-state index is 13.4. The van der Waals surface area contributed by atoms with E-state index in [0.29, 0.717) is 21.9 Å². The number of hydrogen-bond donors (Lipinski definition) is 2. The number of halogens is 1. The molecule has 0 bridgehead atoms. The number of thiazole rings is 1. The molecule has 0 spiro atoms. The molecule has 2 N–H and O–H groups in total. The average Bonchev–Trinajstić information content (AvgIpc) is 3.22. The third kappa shape index (κ3) is 3.24. The number of carbonyl (C=O) groups is 1. The Kier molecular flexibility index (Phi) is 3.95. The van der Waals surface area contributed by atoms with E-state index >= 15 is 0 Å². The summed E-state index contributed by atoms with van der Waals surface area (Å²) in [5.41, 5.74) is 2.81. The topological polar surface area (TPSA) is 83.6 Å². The maximum atomic E-state index is 13.4. The summed E-state index contributed by atoms with van der Waals surface area (Å²) in [6.07, 6.45) is 6.43. The van der Waals surface area contributed by atoms with Crippen molar-refractivity contribution >= 4 is 33.4 Å². The summed E-state index contributed by atoms with van der Waals surface area (Å²) >= 11 is 1.31. The largest absolute Gasteiger partial charge is 0.345 e. The summed E-state index contributed by atoms with van der Waals surface area (Å²) in [7, 11) is 0. The van der Waals surface area contributed by atoms with Gasteiger partial charge in [-0.25, -0.2) is 14.4 Å². The lowest BCUT2D eigenvalue weighted by molar-refractivity contribution is -0.115. The summed E-state index contributed by atoms with van der Waals surface area (Å²) < 4.78 is 13.4. The zero-order chi connectivity index (χ0) is 17.2. The molecule has 4 aromatic heterocycles. The fourth-order valence-electron chi connectivity index (χ4n) is 2.50. The minimum atomic E-state index is -0.409. The highest BCUT2D eigenvalue weighted by molar-refractivity contribution is 7.14. The van der Waals surface area contributed by atoms with Gasteiger partial charge in [-0.05, 0) is 17.7 Å². The molecule has 124 valence electrons. The number of amides is 1. The van der Waals surface area contributed by atoms with Crippen LogP contribution < -0.4 is 5.32 Å². The van der Waals surface area contributed by atoms with Crippen molar-refractivity contribution in [2.75, 3.05) is 5.32 Å². The molecule has 0 atom stereocenters. The summed E-state index contributed by atoms with van der Waals surface area (Å²) in [4.78, 5) is 27.5. The number of aromatic amines is 1. The van der Waals surface area contributed by atoms with E-state index in [9.17, 15) is 9.18 Å². The molecule has 4 rings (SSSR count). The van der Waals surface area contributed by atoms with Crippen molar-refractivity contribution < 1.29 is 9.18 Å². The van der Waals surface area contributed by atoms with Crippen LogP contribution in [0.2, 0.25) is 0 Å². The molecule has 0 aromatic carbocycles. The van der Waals surface area contributed by atoms with Crippen molar-refractivity contribution in [3.8, 4) is 11.3 Å². The second-order valence-electron chi connectivity index (χ2n) is 5.38. The SMILES string of the molecule is O=C(Cc1cccnc1)Nc1nc(-c2c[nH]c3ncc(F)cc23)cs1. The highest BCUT2D eigenvalue weighted by atomic mass is 32.1. The number of H-pyrrole nitrogens is 1. The van der Waals surface area contributed by atoms with Crippen molar-refractivity contribution in [3.05, 3.63) is 59.7 Å². The van der Waals surface area contributed by atoms with Crippen LogP contribution in [-0.4, -0.2) is 25.8 Å². The molecule has 0 aliphatic heterocycles. The van der Waals surface area contributed by atoms with E-state index in [2.05, 4.69) is 25.3 Å². The van der Waals surface area contributed by atoms with Crippen LogP contribution in [0.1, 0.15) is 5.56 Å². The summed E-state index contributed by atoms with van der Waals surface area (Å²) in [6, 6.07) is 5.04. The molecule has 0 aliphatic carbocycles. The van der Waals surface area contributed by atoms with Crippen LogP contribution in [0.3, 0.4) is 0 Å². The second-order valence-corrected chi connectivity index (χ2v) is 6.23. The third-order valence-corrected chi connectivity index (χ3v) is 4.37. The summed E-state index contributed by atoms with van der Waals surface area (Å²) in [5, 5.41) is 5.73. The molecule has 0 saturated carbocycles. The van der Waals surface area contributed by atoms with Crippen LogP contribution >= 0.6 is 11.3 Å². The molecular weight excluding hydrogens is 341 g/mol. The molecule has 0 saturated heterocycles. The van der Waals surface area contributed by atoms with E-state index < -0.39 is 5.82 Å². The van der Waals surface area contributed by atoms with Crippen molar-refractivity contribution in [1.29, 1.82) is 0 Å². The van der Waals surface area contributed by atoms with Crippen LogP contribution in [0, 0.1) is 5.82 Å². The van der Waals surface area contributed by atoms with Crippen molar-refractivity contribution in [1.82, 2.24) is 19.9 Å². The maximum Gasteiger partial charge on any atom is 0.230 e. The number of hydrogen-bond acceptors (Lipinski definition) is 5. The zero-order valence-electron chi connectivity index (χ0n) is 12.9. The van der Waals surface area contributed by atoms with Crippen LogP contribution in [-0.2, 0) is 11.2 Å². The lowest BCUT2D eigenvalue weighted by Gasteiger charge is -2.01. The molecule has 4 aromatic rings. The Bertz CT molecular complexity index is 1040. The Morgan fingerprint density at radius 1 is 1.36 bits per heavy atom.